The zero-order valence-electron chi connectivity index (χ0n) is 13.8. The average Bonchev–Trinajstić information content (AvgIpc) is 3.09. The number of rotatable bonds is 4. The van der Waals surface area contributed by atoms with Crippen molar-refractivity contribution in [2.75, 3.05) is 13.1 Å². The molecule has 0 unspecified atom stereocenters. The lowest BCUT2D eigenvalue weighted by atomic mass is 9.98. The topological polar surface area (TPSA) is 63.1 Å². The highest BCUT2D eigenvalue weighted by Crippen LogP contribution is 2.19. The maximum absolute atomic E-state index is 12.4. The summed E-state index contributed by atoms with van der Waals surface area (Å²) in [7, 11) is 0. The van der Waals surface area contributed by atoms with E-state index in [4.69, 9.17) is 11.6 Å². The van der Waals surface area contributed by atoms with E-state index in [9.17, 15) is 4.79 Å². The van der Waals surface area contributed by atoms with Gasteiger partial charge in [-0.15, -0.1) is 5.10 Å². The molecular formula is C17H22ClN5O. The summed E-state index contributed by atoms with van der Waals surface area (Å²) >= 11 is 6.03. The van der Waals surface area contributed by atoms with E-state index in [0.717, 1.165) is 48.6 Å². The molecule has 0 aliphatic carbocycles. The van der Waals surface area contributed by atoms with Crippen molar-refractivity contribution in [1.29, 1.82) is 0 Å². The molecule has 1 atom stereocenters. The van der Waals surface area contributed by atoms with Gasteiger partial charge in [0.25, 0.3) is 0 Å². The molecule has 2 aromatic rings. The Morgan fingerprint density at radius 1 is 1.46 bits per heavy atom. The summed E-state index contributed by atoms with van der Waals surface area (Å²) in [5.74, 6) is 0.420. The van der Waals surface area contributed by atoms with Crippen LogP contribution >= 0.6 is 11.6 Å². The van der Waals surface area contributed by atoms with Crippen molar-refractivity contribution in [3.05, 3.63) is 46.7 Å². The zero-order valence-corrected chi connectivity index (χ0v) is 14.5. The van der Waals surface area contributed by atoms with Gasteiger partial charge in [0.05, 0.1) is 6.20 Å². The van der Waals surface area contributed by atoms with Gasteiger partial charge in [0.15, 0.2) is 0 Å². The molecule has 1 saturated heterocycles. The molecular weight excluding hydrogens is 326 g/mol. The van der Waals surface area contributed by atoms with Gasteiger partial charge in [0.1, 0.15) is 0 Å². The second kappa shape index (κ2) is 7.66. The Kier molecular flexibility index (Phi) is 5.35. The molecule has 0 radical (unpaired) electrons. The SMILES string of the molecule is Cc1cc(CNC(=O)N2CCC[C@@H](Cn3ccnn3)C2)ccc1Cl. The highest BCUT2D eigenvalue weighted by molar-refractivity contribution is 6.31. The van der Waals surface area contributed by atoms with Crippen LogP contribution in [0, 0.1) is 12.8 Å². The van der Waals surface area contributed by atoms with Gasteiger partial charge in [0.2, 0.25) is 0 Å². The molecule has 1 aromatic carbocycles. The number of aryl methyl sites for hydroxylation is 1. The fourth-order valence-electron chi connectivity index (χ4n) is 3.10. The third kappa shape index (κ3) is 4.26. The summed E-state index contributed by atoms with van der Waals surface area (Å²) in [5.41, 5.74) is 2.08. The highest BCUT2D eigenvalue weighted by atomic mass is 35.5. The summed E-state index contributed by atoms with van der Waals surface area (Å²) < 4.78 is 1.84. The molecule has 1 aliphatic rings. The standard InChI is InChI=1S/C17H22ClN5O/c1-13-9-14(4-5-16(13)18)10-19-17(24)22-7-2-3-15(11-22)12-23-8-6-20-21-23/h4-6,8-9,15H,2-3,7,10-12H2,1H3,(H,19,24)/t15-/m1/s1. The van der Waals surface area contributed by atoms with E-state index >= 15 is 0 Å². The summed E-state index contributed by atoms with van der Waals surface area (Å²) in [6, 6.07) is 5.81. The molecule has 1 fully saturated rings. The smallest absolute Gasteiger partial charge is 0.317 e. The first-order valence-corrected chi connectivity index (χ1v) is 8.61. The lowest BCUT2D eigenvalue weighted by Crippen LogP contribution is -2.46. The number of carbonyl (C=O) groups is 1. The maximum atomic E-state index is 12.4. The number of carbonyl (C=O) groups excluding carboxylic acids is 1. The van der Waals surface area contributed by atoms with Crippen LogP contribution in [-0.4, -0.2) is 39.0 Å². The Hall–Kier alpha value is -2.08. The van der Waals surface area contributed by atoms with Crippen LogP contribution in [0.1, 0.15) is 24.0 Å². The van der Waals surface area contributed by atoms with Crippen LogP contribution in [0.4, 0.5) is 4.79 Å². The largest absolute Gasteiger partial charge is 0.334 e. The summed E-state index contributed by atoms with van der Waals surface area (Å²) in [5, 5.41) is 11.6. The minimum absolute atomic E-state index is 0.00843. The number of aromatic nitrogens is 3. The predicted molar refractivity (Wildman–Crippen MR) is 92.7 cm³/mol. The van der Waals surface area contributed by atoms with E-state index in [1.165, 1.54) is 0 Å². The Morgan fingerprint density at radius 2 is 2.33 bits per heavy atom. The van der Waals surface area contributed by atoms with Crippen molar-refractivity contribution >= 4 is 17.6 Å². The number of likely N-dealkylation sites (tertiary alicyclic amines) is 1. The molecule has 24 heavy (non-hydrogen) atoms. The average molecular weight is 348 g/mol. The van der Waals surface area contributed by atoms with Gasteiger partial charge in [-0.25, -0.2) is 4.79 Å². The molecule has 7 heteroatoms. The van der Waals surface area contributed by atoms with Crippen LogP contribution in [-0.2, 0) is 13.1 Å². The molecule has 2 heterocycles. The van der Waals surface area contributed by atoms with Crippen molar-refractivity contribution in [3.63, 3.8) is 0 Å². The van der Waals surface area contributed by atoms with E-state index in [1.807, 2.05) is 40.9 Å². The molecule has 128 valence electrons. The number of amides is 2. The van der Waals surface area contributed by atoms with Crippen LogP contribution in [0.2, 0.25) is 5.02 Å². The number of urea groups is 1. The van der Waals surface area contributed by atoms with Gasteiger partial charge in [-0.3, -0.25) is 4.68 Å². The van der Waals surface area contributed by atoms with Gasteiger partial charge in [-0.05, 0) is 42.9 Å². The van der Waals surface area contributed by atoms with E-state index < -0.39 is 0 Å². The molecule has 6 nitrogen and oxygen atoms in total. The number of nitrogens with one attached hydrogen (secondary N) is 1. The van der Waals surface area contributed by atoms with Gasteiger partial charge >= 0.3 is 6.03 Å². The Bertz CT molecular complexity index is 688. The zero-order chi connectivity index (χ0) is 16.9. The second-order valence-corrected chi connectivity index (χ2v) is 6.73. The summed E-state index contributed by atoms with van der Waals surface area (Å²) in [6.07, 6.45) is 5.68. The van der Waals surface area contributed by atoms with E-state index in [1.54, 1.807) is 6.20 Å². The molecule has 2 amide bonds. The molecule has 3 rings (SSSR count). The number of benzene rings is 1. The van der Waals surface area contributed by atoms with Crippen LogP contribution in [0.5, 0.6) is 0 Å². The number of nitrogens with zero attached hydrogens (tertiary/aromatic N) is 4. The minimum Gasteiger partial charge on any atom is -0.334 e. The minimum atomic E-state index is -0.00843. The van der Waals surface area contributed by atoms with Crippen molar-refractivity contribution in [3.8, 4) is 0 Å². The fourth-order valence-corrected chi connectivity index (χ4v) is 3.22. The normalized spacial score (nSPS) is 17.8. The lowest BCUT2D eigenvalue weighted by Gasteiger charge is -2.32. The quantitative estimate of drug-likeness (QED) is 0.925. The van der Waals surface area contributed by atoms with Crippen LogP contribution < -0.4 is 5.32 Å². The molecule has 1 N–H and O–H groups in total. The fraction of sp³-hybridized carbons (Fsp3) is 0.471. The number of hydrogen-bond donors (Lipinski definition) is 1. The second-order valence-electron chi connectivity index (χ2n) is 6.32. The Morgan fingerprint density at radius 3 is 3.08 bits per heavy atom. The molecule has 0 spiro atoms. The van der Waals surface area contributed by atoms with Crippen LogP contribution in [0.3, 0.4) is 0 Å². The summed E-state index contributed by atoms with van der Waals surface area (Å²) in [4.78, 5) is 14.3. The highest BCUT2D eigenvalue weighted by Gasteiger charge is 2.24. The molecule has 0 bridgehead atoms. The third-order valence-corrected chi connectivity index (χ3v) is 4.81. The Labute approximate surface area is 146 Å². The van der Waals surface area contributed by atoms with E-state index in [2.05, 4.69) is 15.6 Å². The van der Waals surface area contributed by atoms with Gasteiger partial charge in [-0.2, -0.15) is 0 Å². The first kappa shape index (κ1) is 16.8. The number of hydrogen-bond acceptors (Lipinski definition) is 3. The van der Waals surface area contributed by atoms with E-state index in [-0.39, 0.29) is 6.03 Å². The van der Waals surface area contributed by atoms with Gasteiger partial charge in [0, 0.05) is 37.4 Å². The maximum Gasteiger partial charge on any atom is 0.317 e. The first-order chi connectivity index (χ1) is 11.6. The predicted octanol–water partition coefficient (Wildman–Crippen LogP) is 2.86. The monoisotopic (exact) mass is 347 g/mol. The van der Waals surface area contributed by atoms with Gasteiger partial charge in [-0.1, -0.05) is 28.9 Å². The van der Waals surface area contributed by atoms with Crippen LogP contribution in [0.15, 0.2) is 30.6 Å². The third-order valence-electron chi connectivity index (χ3n) is 4.39. The van der Waals surface area contributed by atoms with Crippen molar-refractivity contribution < 1.29 is 4.79 Å². The van der Waals surface area contributed by atoms with Crippen molar-refractivity contribution in [2.24, 2.45) is 5.92 Å². The molecule has 0 saturated carbocycles. The number of piperidine rings is 1. The first-order valence-electron chi connectivity index (χ1n) is 8.24. The molecule has 1 aliphatic heterocycles. The molecule has 1 aromatic heterocycles. The lowest BCUT2D eigenvalue weighted by molar-refractivity contribution is 0.157. The number of halogens is 1. The van der Waals surface area contributed by atoms with Crippen LogP contribution in [0.25, 0.3) is 0 Å². The van der Waals surface area contributed by atoms with Crippen molar-refractivity contribution in [2.45, 2.75) is 32.9 Å². The van der Waals surface area contributed by atoms with Gasteiger partial charge < -0.3 is 10.2 Å². The van der Waals surface area contributed by atoms with E-state index in [0.29, 0.717) is 12.5 Å². The Balaban J connectivity index is 1.51. The van der Waals surface area contributed by atoms with Crippen molar-refractivity contribution in [1.82, 2.24) is 25.2 Å². The summed E-state index contributed by atoms with van der Waals surface area (Å²) in [6.45, 7) is 4.85.